The summed E-state index contributed by atoms with van der Waals surface area (Å²) >= 11 is 0. The lowest BCUT2D eigenvalue weighted by atomic mass is 9.81. The van der Waals surface area contributed by atoms with Gasteiger partial charge in [-0.05, 0) is 0 Å². The Morgan fingerprint density at radius 2 is 1.71 bits per heavy atom. The van der Waals surface area contributed by atoms with Crippen LogP contribution in [0.1, 0.15) is 6.92 Å². The minimum atomic E-state index is -1.50. The maximum absolute atomic E-state index is 10.2. The molecule has 0 amide bonds. The van der Waals surface area contributed by atoms with E-state index in [0.29, 0.717) is 0 Å². The van der Waals surface area contributed by atoms with Crippen LogP contribution in [0.2, 0.25) is 0 Å². The number of methoxy groups -OCH3 is 1. The SMILES string of the molecule is CO[C@@H]1O[C@@H](CO)[C@@H](O[C@@H]2OC[C@](C)(CO)C(O)[C@@H]2O)C(O)C1O. The predicted octanol–water partition coefficient (Wildman–Crippen LogP) is -3.47. The largest absolute Gasteiger partial charge is 0.396 e. The minimum absolute atomic E-state index is 0.0941. The topological polar surface area (TPSA) is 158 Å². The summed E-state index contributed by atoms with van der Waals surface area (Å²) in [7, 11) is 1.27. The Balaban J connectivity index is 2.09. The molecule has 6 N–H and O–H groups in total. The summed E-state index contributed by atoms with van der Waals surface area (Å²) < 4.78 is 21.0. The van der Waals surface area contributed by atoms with Gasteiger partial charge in [-0.3, -0.25) is 0 Å². The third kappa shape index (κ3) is 3.58. The molecule has 2 fully saturated rings. The highest BCUT2D eigenvalue weighted by Crippen LogP contribution is 2.33. The lowest BCUT2D eigenvalue weighted by Gasteiger charge is -2.47. The van der Waals surface area contributed by atoms with E-state index in [0.717, 1.165) is 0 Å². The van der Waals surface area contributed by atoms with E-state index in [1.807, 2.05) is 0 Å². The molecule has 2 rings (SSSR count). The predicted molar refractivity (Wildman–Crippen MR) is 76.6 cm³/mol. The van der Waals surface area contributed by atoms with Gasteiger partial charge >= 0.3 is 0 Å². The van der Waals surface area contributed by atoms with Crippen LogP contribution >= 0.6 is 0 Å². The first-order chi connectivity index (χ1) is 11.3. The quantitative estimate of drug-likeness (QED) is 0.293. The summed E-state index contributed by atoms with van der Waals surface area (Å²) in [5, 5.41) is 59.2. The van der Waals surface area contributed by atoms with Crippen molar-refractivity contribution >= 4 is 0 Å². The van der Waals surface area contributed by atoms with Crippen molar-refractivity contribution in [3.63, 3.8) is 0 Å². The summed E-state index contributed by atoms with van der Waals surface area (Å²) in [5.41, 5.74) is -1.06. The molecule has 10 nitrogen and oxygen atoms in total. The maximum atomic E-state index is 10.2. The van der Waals surface area contributed by atoms with Crippen LogP contribution in [0.15, 0.2) is 0 Å². The highest BCUT2D eigenvalue weighted by atomic mass is 16.7. The van der Waals surface area contributed by atoms with Gasteiger partial charge in [0.15, 0.2) is 12.6 Å². The van der Waals surface area contributed by atoms with Crippen molar-refractivity contribution in [2.75, 3.05) is 26.9 Å². The van der Waals surface area contributed by atoms with E-state index in [2.05, 4.69) is 0 Å². The second-order valence-electron chi connectivity index (χ2n) is 6.47. The standard InChI is InChI=1S/C14H26O10/c1-14(4-16)5-22-13(9(19)11(14)20)24-10-6(3-15)23-12(21-2)8(18)7(10)17/h6-13,15-20H,3-5H2,1-2H3/t6-,7?,8?,9-,10+,11?,12+,13-,14-/m0/s1. The molecule has 0 aromatic rings. The summed E-state index contributed by atoms with van der Waals surface area (Å²) in [6, 6.07) is 0. The zero-order chi connectivity index (χ0) is 18.1. The fourth-order valence-electron chi connectivity index (χ4n) is 2.85. The Kier molecular flexibility index (Phi) is 6.53. The van der Waals surface area contributed by atoms with Crippen LogP contribution in [0.25, 0.3) is 0 Å². The van der Waals surface area contributed by atoms with Crippen LogP contribution < -0.4 is 0 Å². The number of aliphatic hydroxyl groups excluding tert-OH is 6. The van der Waals surface area contributed by atoms with Gasteiger partial charge in [-0.25, -0.2) is 0 Å². The summed E-state index contributed by atoms with van der Waals surface area (Å²) in [5.74, 6) is 0. The summed E-state index contributed by atoms with van der Waals surface area (Å²) in [6.45, 7) is 0.511. The van der Waals surface area contributed by atoms with Crippen molar-refractivity contribution < 1.29 is 49.6 Å². The highest BCUT2D eigenvalue weighted by molar-refractivity contribution is 4.95. The molecule has 10 heteroatoms. The number of ether oxygens (including phenoxy) is 4. The number of hydrogen-bond acceptors (Lipinski definition) is 10. The van der Waals surface area contributed by atoms with E-state index >= 15 is 0 Å². The molecule has 0 spiro atoms. The van der Waals surface area contributed by atoms with Gasteiger partial charge in [0.25, 0.3) is 0 Å². The van der Waals surface area contributed by atoms with Gasteiger partial charge in [-0.2, -0.15) is 0 Å². The van der Waals surface area contributed by atoms with E-state index in [1.165, 1.54) is 7.11 Å². The Morgan fingerprint density at radius 1 is 1.04 bits per heavy atom. The molecule has 2 heterocycles. The third-order valence-corrected chi connectivity index (χ3v) is 4.60. The third-order valence-electron chi connectivity index (χ3n) is 4.60. The van der Waals surface area contributed by atoms with Gasteiger partial charge in [0, 0.05) is 12.5 Å². The van der Waals surface area contributed by atoms with Gasteiger partial charge in [-0.15, -0.1) is 0 Å². The van der Waals surface area contributed by atoms with E-state index in [1.54, 1.807) is 6.92 Å². The average Bonchev–Trinajstić information content (AvgIpc) is 2.59. The first-order valence-electron chi connectivity index (χ1n) is 7.68. The van der Waals surface area contributed by atoms with Crippen LogP contribution in [0.5, 0.6) is 0 Å². The first-order valence-corrected chi connectivity index (χ1v) is 7.68. The van der Waals surface area contributed by atoms with E-state index in [9.17, 15) is 30.6 Å². The molecule has 142 valence electrons. The molecule has 0 aliphatic carbocycles. The van der Waals surface area contributed by atoms with E-state index in [4.69, 9.17) is 18.9 Å². The Bertz CT molecular complexity index is 407. The van der Waals surface area contributed by atoms with Crippen LogP contribution in [0.4, 0.5) is 0 Å². The van der Waals surface area contributed by atoms with Gasteiger partial charge in [-0.1, -0.05) is 6.92 Å². The number of aliphatic hydroxyl groups is 6. The molecule has 0 aromatic heterocycles. The van der Waals surface area contributed by atoms with Crippen molar-refractivity contribution in [2.24, 2.45) is 5.41 Å². The van der Waals surface area contributed by atoms with Crippen LogP contribution in [0, 0.1) is 5.41 Å². The van der Waals surface area contributed by atoms with Crippen LogP contribution in [0.3, 0.4) is 0 Å². The van der Waals surface area contributed by atoms with Crippen molar-refractivity contribution in [3.8, 4) is 0 Å². The van der Waals surface area contributed by atoms with Gasteiger partial charge in [0.2, 0.25) is 0 Å². The summed E-state index contributed by atoms with van der Waals surface area (Å²) in [4.78, 5) is 0. The van der Waals surface area contributed by atoms with E-state index < -0.39 is 67.8 Å². The van der Waals surface area contributed by atoms with Crippen molar-refractivity contribution in [1.29, 1.82) is 0 Å². The van der Waals surface area contributed by atoms with Gasteiger partial charge < -0.3 is 49.6 Å². The molecule has 0 aromatic carbocycles. The molecule has 0 saturated carbocycles. The fraction of sp³-hybridized carbons (Fsp3) is 1.00. The second kappa shape index (κ2) is 7.87. The normalized spacial score (nSPS) is 50.0. The fourth-order valence-corrected chi connectivity index (χ4v) is 2.85. The minimum Gasteiger partial charge on any atom is -0.396 e. The monoisotopic (exact) mass is 354 g/mol. The molecule has 3 unspecified atom stereocenters. The molecule has 0 radical (unpaired) electrons. The number of rotatable bonds is 5. The molecule has 9 atom stereocenters. The van der Waals surface area contributed by atoms with Gasteiger partial charge in [0.05, 0.1) is 25.9 Å². The van der Waals surface area contributed by atoms with Crippen LogP contribution in [-0.4, -0.2) is 107 Å². The number of hydrogen-bond donors (Lipinski definition) is 6. The average molecular weight is 354 g/mol. The molecular weight excluding hydrogens is 328 g/mol. The molecule has 2 saturated heterocycles. The lowest BCUT2D eigenvalue weighted by molar-refractivity contribution is -0.350. The zero-order valence-corrected chi connectivity index (χ0v) is 13.6. The maximum Gasteiger partial charge on any atom is 0.186 e. The molecular formula is C14H26O10. The van der Waals surface area contributed by atoms with E-state index in [-0.39, 0.29) is 6.61 Å². The van der Waals surface area contributed by atoms with Crippen LogP contribution in [-0.2, 0) is 18.9 Å². The summed E-state index contributed by atoms with van der Waals surface area (Å²) in [6.07, 6.45) is -10.5. The van der Waals surface area contributed by atoms with Crippen molar-refractivity contribution in [1.82, 2.24) is 0 Å². The molecule has 2 aliphatic heterocycles. The van der Waals surface area contributed by atoms with Crippen molar-refractivity contribution in [2.45, 2.75) is 56.1 Å². The smallest absolute Gasteiger partial charge is 0.186 e. The Labute approximate surface area is 139 Å². The zero-order valence-electron chi connectivity index (χ0n) is 13.6. The molecule has 24 heavy (non-hydrogen) atoms. The highest BCUT2D eigenvalue weighted by Gasteiger charge is 2.51. The Hall–Kier alpha value is -0.400. The van der Waals surface area contributed by atoms with Crippen molar-refractivity contribution in [3.05, 3.63) is 0 Å². The molecule has 0 bridgehead atoms. The Morgan fingerprint density at radius 3 is 2.25 bits per heavy atom. The first kappa shape index (κ1) is 19.9. The second-order valence-corrected chi connectivity index (χ2v) is 6.47. The lowest BCUT2D eigenvalue weighted by Crippen LogP contribution is -2.64. The molecule has 2 aliphatic rings. The van der Waals surface area contributed by atoms with Gasteiger partial charge in [0.1, 0.15) is 30.5 Å².